The molecule has 5 atom stereocenters. The summed E-state index contributed by atoms with van der Waals surface area (Å²) < 4.78 is 18.0. The number of carbonyl (C=O) groups excluding carboxylic acids is 1. The molecule has 0 saturated heterocycles. The molecule has 1 N–H and O–H groups in total. The SMILES string of the molecule is C=C(C)[C@@H]1C[C@H](OC(=O)c2ccc(C#N)cc2)[C@@]2(C)Oc3cc(-c4cccnc4)oc(=O)c3[C@@H](O)[C@@H]2C1. The standard InChI is InChI=1S/C29H26N2O6/c1-16(2)20-11-21-26(32)25-23(13-22(35-28(25)34)19-5-4-10-31-15-19)37-29(21,3)24(12-20)36-27(33)18-8-6-17(14-30)7-9-18/h4-10,13,15,20-21,24,26,32H,1,11-12H2,2-3H3/t20-,21-,24-,26-,29-/m0/s1. The highest BCUT2D eigenvalue weighted by Gasteiger charge is 2.57. The number of nitrogens with zero attached hydrogens (tertiary/aromatic N) is 2. The van der Waals surface area contributed by atoms with Gasteiger partial charge >= 0.3 is 11.6 Å². The van der Waals surface area contributed by atoms with Crippen LogP contribution in [0, 0.1) is 23.2 Å². The number of ether oxygens (including phenoxy) is 2. The van der Waals surface area contributed by atoms with E-state index in [1.165, 1.54) is 12.1 Å². The van der Waals surface area contributed by atoms with Gasteiger partial charge in [-0.3, -0.25) is 4.98 Å². The zero-order valence-corrected chi connectivity index (χ0v) is 20.5. The minimum absolute atomic E-state index is 0.0506. The number of rotatable bonds is 4. The van der Waals surface area contributed by atoms with Crippen LogP contribution < -0.4 is 10.4 Å². The van der Waals surface area contributed by atoms with Gasteiger partial charge < -0.3 is 19.0 Å². The fraction of sp³-hybridized carbons (Fsp3) is 0.310. The van der Waals surface area contributed by atoms with Gasteiger partial charge in [0, 0.05) is 29.9 Å². The first-order valence-electron chi connectivity index (χ1n) is 12.0. The third kappa shape index (κ3) is 4.32. The molecule has 0 spiro atoms. The third-order valence-corrected chi connectivity index (χ3v) is 7.51. The van der Waals surface area contributed by atoms with E-state index in [0.29, 0.717) is 29.5 Å². The first kappa shape index (κ1) is 24.5. The first-order chi connectivity index (χ1) is 17.7. The summed E-state index contributed by atoms with van der Waals surface area (Å²) in [6.45, 7) is 7.78. The fourth-order valence-corrected chi connectivity index (χ4v) is 5.32. The van der Waals surface area contributed by atoms with Crippen LogP contribution in [0.3, 0.4) is 0 Å². The van der Waals surface area contributed by atoms with Crippen LogP contribution in [0.2, 0.25) is 0 Å². The lowest BCUT2D eigenvalue weighted by molar-refractivity contribution is -0.163. The van der Waals surface area contributed by atoms with Crippen LogP contribution >= 0.6 is 0 Å². The molecule has 37 heavy (non-hydrogen) atoms. The Balaban J connectivity index is 1.54. The quantitative estimate of drug-likeness (QED) is 0.409. The van der Waals surface area contributed by atoms with Crippen molar-refractivity contribution in [3.8, 4) is 23.1 Å². The number of benzene rings is 1. The van der Waals surface area contributed by atoms with Gasteiger partial charge in [-0.2, -0.15) is 5.26 Å². The highest BCUT2D eigenvalue weighted by Crippen LogP contribution is 2.53. The average molecular weight is 499 g/mol. The Hall–Kier alpha value is -4.22. The minimum atomic E-state index is -1.19. The fourth-order valence-electron chi connectivity index (χ4n) is 5.32. The Kier molecular flexibility index (Phi) is 6.18. The number of hydrogen-bond donors (Lipinski definition) is 1. The maximum Gasteiger partial charge on any atom is 0.345 e. The normalized spacial score (nSPS) is 26.1. The van der Waals surface area contributed by atoms with Crippen LogP contribution in [0.25, 0.3) is 11.3 Å². The summed E-state index contributed by atoms with van der Waals surface area (Å²) in [5.74, 6) is -0.730. The molecule has 3 heterocycles. The number of aliphatic hydroxyl groups is 1. The number of aromatic nitrogens is 1. The van der Waals surface area contributed by atoms with E-state index in [2.05, 4.69) is 11.6 Å². The van der Waals surface area contributed by atoms with Crippen molar-refractivity contribution in [1.29, 1.82) is 5.26 Å². The molecule has 3 aromatic rings. The zero-order chi connectivity index (χ0) is 26.3. The smallest absolute Gasteiger partial charge is 0.345 e. The van der Waals surface area contributed by atoms with Crippen molar-refractivity contribution in [1.82, 2.24) is 4.98 Å². The van der Waals surface area contributed by atoms with Crippen molar-refractivity contribution in [3.63, 3.8) is 0 Å². The minimum Gasteiger partial charge on any atom is -0.482 e. The van der Waals surface area contributed by atoms with E-state index in [1.807, 2.05) is 13.0 Å². The summed E-state index contributed by atoms with van der Waals surface area (Å²) in [4.78, 5) is 30.2. The number of fused-ring (bicyclic) bond motifs is 2. The van der Waals surface area contributed by atoms with Crippen LogP contribution in [0.4, 0.5) is 0 Å². The predicted molar refractivity (Wildman–Crippen MR) is 134 cm³/mol. The maximum atomic E-state index is 13.1. The Morgan fingerprint density at radius 1 is 1.27 bits per heavy atom. The molecule has 0 radical (unpaired) electrons. The van der Waals surface area contributed by atoms with Gasteiger partial charge in [0.15, 0.2) is 0 Å². The molecule has 2 aliphatic rings. The second-order valence-electron chi connectivity index (χ2n) is 9.85. The number of aliphatic hydroxyl groups excluding tert-OH is 1. The van der Waals surface area contributed by atoms with Gasteiger partial charge in [-0.05, 0) is 69.0 Å². The summed E-state index contributed by atoms with van der Waals surface area (Å²) in [6, 6.07) is 13.2. The molecule has 0 unspecified atom stereocenters. The van der Waals surface area contributed by atoms with Crippen LogP contribution in [0.1, 0.15) is 54.3 Å². The molecular formula is C29H26N2O6. The van der Waals surface area contributed by atoms with Gasteiger partial charge in [0.1, 0.15) is 28.8 Å². The molecule has 1 fully saturated rings. The van der Waals surface area contributed by atoms with E-state index in [4.69, 9.17) is 19.2 Å². The van der Waals surface area contributed by atoms with Crippen molar-refractivity contribution < 1.29 is 23.8 Å². The maximum absolute atomic E-state index is 13.1. The molecule has 1 aliphatic carbocycles. The number of nitriles is 1. The Bertz CT molecular complexity index is 1460. The molecule has 0 amide bonds. The third-order valence-electron chi connectivity index (χ3n) is 7.51. The van der Waals surface area contributed by atoms with E-state index in [-0.39, 0.29) is 23.0 Å². The molecule has 8 heteroatoms. The van der Waals surface area contributed by atoms with Crippen molar-refractivity contribution in [3.05, 3.63) is 94.1 Å². The van der Waals surface area contributed by atoms with Crippen LogP contribution in [0.5, 0.6) is 5.75 Å². The monoisotopic (exact) mass is 498 g/mol. The van der Waals surface area contributed by atoms with E-state index in [1.54, 1.807) is 49.6 Å². The molecule has 5 rings (SSSR count). The number of pyridine rings is 1. The van der Waals surface area contributed by atoms with E-state index in [9.17, 15) is 14.7 Å². The van der Waals surface area contributed by atoms with Gasteiger partial charge in [0.2, 0.25) is 0 Å². The lowest BCUT2D eigenvalue weighted by Crippen LogP contribution is -2.60. The highest BCUT2D eigenvalue weighted by molar-refractivity contribution is 5.89. The molecule has 8 nitrogen and oxygen atoms in total. The topological polar surface area (TPSA) is 123 Å². The summed E-state index contributed by atoms with van der Waals surface area (Å²) in [6.07, 6.45) is 2.19. The summed E-state index contributed by atoms with van der Waals surface area (Å²) in [5.41, 5.74) is 0.445. The lowest BCUT2D eigenvalue weighted by Gasteiger charge is -2.52. The van der Waals surface area contributed by atoms with E-state index >= 15 is 0 Å². The number of allylic oxidation sites excluding steroid dienone is 1. The predicted octanol–water partition coefficient (Wildman–Crippen LogP) is 4.59. The van der Waals surface area contributed by atoms with Gasteiger partial charge in [-0.25, -0.2) is 9.59 Å². The van der Waals surface area contributed by atoms with Crippen molar-refractivity contribution in [2.45, 2.75) is 44.5 Å². The van der Waals surface area contributed by atoms with Gasteiger partial charge in [-0.1, -0.05) is 12.2 Å². The van der Waals surface area contributed by atoms with Crippen molar-refractivity contribution in [2.75, 3.05) is 0 Å². The number of carbonyl (C=O) groups is 1. The number of esters is 1. The zero-order valence-electron chi connectivity index (χ0n) is 20.5. The Morgan fingerprint density at radius 3 is 2.68 bits per heavy atom. The molecule has 188 valence electrons. The highest BCUT2D eigenvalue weighted by atomic mass is 16.6. The van der Waals surface area contributed by atoms with E-state index < -0.39 is 35.3 Å². The lowest BCUT2D eigenvalue weighted by atomic mass is 9.64. The van der Waals surface area contributed by atoms with E-state index in [0.717, 1.165) is 5.57 Å². The summed E-state index contributed by atoms with van der Waals surface area (Å²) >= 11 is 0. The molecular weight excluding hydrogens is 472 g/mol. The molecule has 0 bridgehead atoms. The second kappa shape index (κ2) is 9.34. The average Bonchev–Trinajstić information content (AvgIpc) is 2.89. The molecule has 1 aliphatic heterocycles. The first-order valence-corrected chi connectivity index (χ1v) is 12.0. The van der Waals surface area contributed by atoms with Crippen LogP contribution in [-0.2, 0) is 4.74 Å². The van der Waals surface area contributed by atoms with Gasteiger partial charge in [0.25, 0.3) is 0 Å². The Morgan fingerprint density at radius 2 is 2.03 bits per heavy atom. The van der Waals surface area contributed by atoms with Crippen LogP contribution in [0.15, 0.2) is 76.2 Å². The largest absolute Gasteiger partial charge is 0.482 e. The molecule has 1 aromatic carbocycles. The number of hydrogen-bond acceptors (Lipinski definition) is 8. The molecule has 1 saturated carbocycles. The van der Waals surface area contributed by atoms with Gasteiger partial charge in [0.05, 0.1) is 23.3 Å². The van der Waals surface area contributed by atoms with Crippen molar-refractivity contribution >= 4 is 5.97 Å². The summed E-state index contributed by atoms with van der Waals surface area (Å²) in [7, 11) is 0. The summed E-state index contributed by atoms with van der Waals surface area (Å²) in [5, 5.41) is 20.5. The van der Waals surface area contributed by atoms with Crippen molar-refractivity contribution in [2.24, 2.45) is 11.8 Å². The Labute approximate surface area is 213 Å². The van der Waals surface area contributed by atoms with Crippen LogP contribution in [-0.4, -0.2) is 27.8 Å². The van der Waals surface area contributed by atoms with Gasteiger partial charge in [-0.15, -0.1) is 0 Å². The second-order valence-corrected chi connectivity index (χ2v) is 9.85. The molecule has 2 aromatic heterocycles.